The molecule has 1 N–H and O–H groups in total. The van der Waals surface area contributed by atoms with Gasteiger partial charge in [-0.05, 0) is 42.7 Å². The Hall–Kier alpha value is -1.94. The summed E-state index contributed by atoms with van der Waals surface area (Å²) in [6.07, 6.45) is 3.26. The van der Waals surface area contributed by atoms with Crippen molar-refractivity contribution in [3.05, 3.63) is 64.7 Å². The Morgan fingerprint density at radius 2 is 1.70 bits per heavy atom. The molecule has 2 nitrogen and oxygen atoms in total. The molecule has 0 heterocycles. The molecule has 1 fully saturated rings. The fourth-order valence-corrected chi connectivity index (χ4v) is 3.35. The van der Waals surface area contributed by atoms with Gasteiger partial charge in [0.25, 0.3) is 0 Å². The Kier molecular flexibility index (Phi) is 4.35. The summed E-state index contributed by atoms with van der Waals surface area (Å²) in [6, 6.07) is 10.3. The Balaban J connectivity index is 1.91. The molecule has 0 aromatic heterocycles. The Bertz CT molecular complexity index is 724. The quantitative estimate of drug-likeness (QED) is 0.833. The molecular weight excluding hydrogens is 320 g/mol. The number of hydrogen-bond donors (Lipinski definition) is 1. The maximum atomic E-state index is 13.8. The van der Waals surface area contributed by atoms with Crippen LogP contribution >= 0.6 is 11.6 Å². The summed E-state index contributed by atoms with van der Waals surface area (Å²) in [4.78, 5) is 12.9. The van der Waals surface area contributed by atoms with E-state index >= 15 is 0 Å². The van der Waals surface area contributed by atoms with Crippen LogP contribution in [0.15, 0.2) is 42.5 Å². The molecule has 3 rings (SSSR count). The van der Waals surface area contributed by atoms with E-state index in [1.54, 1.807) is 12.1 Å². The molecule has 0 atom stereocenters. The van der Waals surface area contributed by atoms with Gasteiger partial charge in [0, 0.05) is 11.1 Å². The minimum Gasteiger partial charge on any atom is -0.323 e. The monoisotopic (exact) mass is 335 g/mol. The SMILES string of the molecule is O=C(Nc1ccc(F)cc1F)C1(c2ccc(Cl)cc2)CCCC1. The molecular formula is C18H16ClF2NO. The van der Waals surface area contributed by atoms with Gasteiger partial charge in [-0.1, -0.05) is 36.6 Å². The number of benzene rings is 2. The molecule has 0 spiro atoms. The second kappa shape index (κ2) is 6.28. The average molecular weight is 336 g/mol. The van der Waals surface area contributed by atoms with Gasteiger partial charge in [0.15, 0.2) is 0 Å². The number of amides is 1. The number of anilines is 1. The highest BCUT2D eigenvalue weighted by atomic mass is 35.5. The van der Waals surface area contributed by atoms with Crippen LogP contribution in [0.1, 0.15) is 31.2 Å². The third kappa shape index (κ3) is 3.08. The highest BCUT2D eigenvalue weighted by Gasteiger charge is 2.42. The first-order chi connectivity index (χ1) is 11.0. The number of hydrogen-bond acceptors (Lipinski definition) is 1. The van der Waals surface area contributed by atoms with E-state index in [0.717, 1.165) is 30.5 Å². The van der Waals surface area contributed by atoms with Crippen molar-refractivity contribution in [2.45, 2.75) is 31.1 Å². The average Bonchev–Trinajstić information content (AvgIpc) is 3.01. The van der Waals surface area contributed by atoms with Crippen LogP contribution in [0.25, 0.3) is 0 Å². The lowest BCUT2D eigenvalue weighted by atomic mass is 9.78. The van der Waals surface area contributed by atoms with Crippen molar-refractivity contribution in [2.75, 3.05) is 5.32 Å². The standard InChI is InChI=1S/C18H16ClF2NO/c19-13-5-3-12(4-6-13)18(9-1-2-10-18)17(23)22-16-8-7-14(20)11-15(16)21/h3-8,11H,1-2,9-10H2,(H,22,23). The van der Waals surface area contributed by atoms with Crippen molar-refractivity contribution in [2.24, 2.45) is 0 Å². The fraction of sp³-hybridized carbons (Fsp3) is 0.278. The van der Waals surface area contributed by atoms with Crippen LogP contribution in [0.5, 0.6) is 0 Å². The van der Waals surface area contributed by atoms with E-state index in [1.807, 2.05) is 12.1 Å². The van der Waals surface area contributed by atoms with Crippen molar-refractivity contribution < 1.29 is 13.6 Å². The largest absolute Gasteiger partial charge is 0.323 e. The van der Waals surface area contributed by atoms with E-state index in [1.165, 1.54) is 6.07 Å². The number of carbonyl (C=O) groups excluding carboxylic acids is 1. The van der Waals surface area contributed by atoms with Crippen molar-refractivity contribution in [3.8, 4) is 0 Å². The van der Waals surface area contributed by atoms with Gasteiger partial charge >= 0.3 is 0 Å². The fourth-order valence-electron chi connectivity index (χ4n) is 3.23. The molecule has 0 aliphatic heterocycles. The molecule has 1 saturated carbocycles. The summed E-state index contributed by atoms with van der Waals surface area (Å²) in [5.41, 5.74) is 0.182. The first-order valence-electron chi connectivity index (χ1n) is 7.54. The molecule has 1 amide bonds. The number of rotatable bonds is 3. The summed E-state index contributed by atoms with van der Waals surface area (Å²) in [7, 11) is 0. The highest BCUT2D eigenvalue weighted by molar-refractivity contribution is 6.30. The van der Waals surface area contributed by atoms with Crippen molar-refractivity contribution >= 4 is 23.2 Å². The van der Waals surface area contributed by atoms with E-state index in [2.05, 4.69) is 5.32 Å². The van der Waals surface area contributed by atoms with Crippen LogP contribution in [-0.2, 0) is 10.2 Å². The van der Waals surface area contributed by atoms with Gasteiger partial charge in [-0.25, -0.2) is 8.78 Å². The van der Waals surface area contributed by atoms with Gasteiger partial charge in [0.2, 0.25) is 5.91 Å². The first-order valence-corrected chi connectivity index (χ1v) is 7.92. The van der Waals surface area contributed by atoms with Crippen LogP contribution in [0.4, 0.5) is 14.5 Å². The van der Waals surface area contributed by atoms with E-state index in [-0.39, 0.29) is 11.6 Å². The Morgan fingerprint density at radius 1 is 1.04 bits per heavy atom. The lowest BCUT2D eigenvalue weighted by Gasteiger charge is -2.28. The van der Waals surface area contributed by atoms with E-state index in [4.69, 9.17) is 11.6 Å². The number of halogens is 3. The molecule has 1 aliphatic rings. The van der Waals surface area contributed by atoms with E-state index in [9.17, 15) is 13.6 Å². The summed E-state index contributed by atoms with van der Waals surface area (Å²) in [5, 5.41) is 3.22. The second-order valence-electron chi connectivity index (χ2n) is 5.87. The number of carbonyl (C=O) groups is 1. The van der Waals surface area contributed by atoms with Gasteiger partial charge < -0.3 is 5.32 Å². The molecule has 5 heteroatoms. The summed E-state index contributed by atoms with van der Waals surface area (Å²) >= 11 is 5.92. The Morgan fingerprint density at radius 3 is 2.30 bits per heavy atom. The molecule has 0 unspecified atom stereocenters. The van der Waals surface area contributed by atoms with Gasteiger partial charge in [0.1, 0.15) is 11.6 Å². The van der Waals surface area contributed by atoms with Crippen LogP contribution in [0, 0.1) is 11.6 Å². The van der Waals surface area contributed by atoms with E-state index < -0.39 is 17.0 Å². The van der Waals surface area contributed by atoms with Crippen LogP contribution in [0.3, 0.4) is 0 Å². The van der Waals surface area contributed by atoms with Gasteiger partial charge in [-0.15, -0.1) is 0 Å². The molecule has 0 bridgehead atoms. The van der Waals surface area contributed by atoms with E-state index in [0.29, 0.717) is 17.9 Å². The second-order valence-corrected chi connectivity index (χ2v) is 6.31. The van der Waals surface area contributed by atoms with Crippen LogP contribution in [0.2, 0.25) is 5.02 Å². The lowest BCUT2D eigenvalue weighted by Crippen LogP contribution is -2.38. The molecule has 1 aliphatic carbocycles. The summed E-state index contributed by atoms with van der Waals surface area (Å²) < 4.78 is 26.8. The van der Waals surface area contributed by atoms with Gasteiger partial charge in [-0.2, -0.15) is 0 Å². The normalized spacial score (nSPS) is 16.3. The lowest BCUT2D eigenvalue weighted by molar-refractivity contribution is -0.121. The highest BCUT2D eigenvalue weighted by Crippen LogP contribution is 2.42. The summed E-state index contributed by atoms with van der Waals surface area (Å²) in [5.74, 6) is -1.71. The minimum atomic E-state index is -0.775. The zero-order valence-corrected chi connectivity index (χ0v) is 13.2. The smallest absolute Gasteiger partial charge is 0.235 e. The maximum absolute atomic E-state index is 13.8. The number of nitrogens with one attached hydrogen (secondary N) is 1. The molecule has 23 heavy (non-hydrogen) atoms. The van der Waals surface area contributed by atoms with Crippen molar-refractivity contribution in [1.29, 1.82) is 0 Å². The maximum Gasteiger partial charge on any atom is 0.235 e. The minimum absolute atomic E-state index is 0.00311. The molecule has 0 radical (unpaired) electrons. The third-order valence-corrected chi connectivity index (χ3v) is 4.72. The predicted octanol–water partition coefficient (Wildman–Crippen LogP) is 5.07. The zero-order valence-electron chi connectivity index (χ0n) is 12.4. The molecule has 120 valence electrons. The molecule has 2 aromatic rings. The molecule has 0 saturated heterocycles. The first kappa shape index (κ1) is 15.9. The summed E-state index contributed by atoms with van der Waals surface area (Å²) in [6.45, 7) is 0. The predicted molar refractivity (Wildman–Crippen MR) is 86.6 cm³/mol. The topological polar surface area (TPSA) is 29.1 Å². The Labute approximate surface area is 138 Å². The van der Waals surface area contributed by atoms with Crippen LogP contribution < -0.4 is 5.32 Å². The van der Waals surface area contributed by atoms with Crippen molar-refractivity contribution in [3.63, 3.8) is 0 Å². The molecule has 2 aromatic carbocycles. The van der Waals surface area contributed by atoms with Crippen LogP contribution in [-0.4, -0.2) is 5.91 Å². The van der Waals surface area contributed by atoms with Gasteiger partial charge in [-0.3, -0.25) is 4.79 Å². The van der Waals surface area contributed by atoms with Crippen molar-refractivity contribution in [1.82, 2.24) is 0 Å². The third-order valence-electron chi connectivity index (χ3n) is 4.47. The van der Waals surface area contributed by atoms with Gasteiger partial charge in [0.05, 0.1) is 11.1 Å². The zero-order chi connectivity index (χ0) is 16.4.